The van der Waals surface area contributed by atoms with Gasteiger partial charge < -0.3 is 15.8 Å². The highest BCUT2D eigenvalue weighted by atomic mass is 16.6. The van der Waals surface area contributed by atoms with Gasteiger partial charge in [0.05, 0.1) is 23.5 Å². The number of primary amides is 1. The lowest BCUT2D eigenvalue weighted by atomic mass is 9.87. The Bertz CT molecular complexity index is 885. The smallest absolute Gasteiger partial charge is 0.306 e. The van der Waals surface area contributed by atoms with Gasteiger partial charge in [0.2, 0.25) is 5.91 Å². The third-order valence-corrected chi connectivity index (χ3v) is 4.14. The average Bonchev–Trinajstić information content (AvgIpc) is 2.71. The van der Waals surface area contributed by atoms with Crippen LogP contribution in [0.25, 0.3) is 0 Å². The second kappa shape index (κ2) is 9.93. The molecular weight excluding hydrogens is 380 g/mol. The number of carbonyl (C=O) groups is 3. The van der Waals surface area contributed by atoms with Crippen LogP contribution in [0.4, 0.5) is 5.69 Å². The molecule has 0 radical (unpaired) electrons. The van der Waals surface area contributed by atoms with E-state index >= 15 is 0 Å². The summed E-state index contributed by atoms with van der Waals surface area (Å²) in [7, 11) is 0. The predicted molar refractivity (Wildman–Crippen MR) is 102 cm³/mol. The SMILES string of the molecule is CCOC(=O)C[C@@H](c1ccc([N+](=O)[O-])cc1)[C@H](NC(=O)c1cccnc1)C(N)=O. The molecule has 29 heavy (non-hydrogen) atoms. The molecule has 2 amide bonds. The first-order valence-electron chi connectivity index (χ1n) is 8.73. The van der Waals surface area contributed by atoms with Crippen molar-refractivity contribution in [2.45, 2.75) is 25.3 Å². The summed E-state index contributed by atoms with van der Waals surface area (Å²) in [6, 6.07) is 7.12. The highest BCUT2D eigenvalue weighted by Gasteiger charge is 2.32. The van der Waals surface area contributed by atoms with Crippen molar-refractivity contribution in [1.29, 1.82) is 0 Å². The Balaban J connectivity index is 2.36. The molecular formula is C19H20N4O6. The molecule has 1 heterocycles. The molecule has 1 aromatic heterocycles. The van der Waals surface area contributed by atoms with Crippen LogP contribution in [-0.4, -0.2) is 40.3 Å². The molecule has 0 unspecified atom stereocenters. The number of non-ortho nitro benzene ring substituents is 1. The van der Waals surface area contributed by atoms with Crippen molar-refractivity contribution < 1.29 is 24.0 Å². The van der Waals surface area contributed by atoms with E-state index in [9.17, 15) is 24.5 Å². The molecule has 2 aromatic rings. The zero-order valence-corrected chi connectivity index (χ0v) is 15.6. The Morgan fingerprint density at radius 2 is 1.93 bits per heavy atom. The topological polar surface area (TPSA) is 155 Å². The minimum absolute atomic E-state index is 0.134. The molecule has 0 saturated heterocycles. The van der Waals surface area contributed by atoms with E-state index < -0.39 is 34.7 Å². The van der Waals surface area contributed by atoms with Crippen molar-refractivity contribution >= 4 is 23.5 Å². The minimum Gasteiger partial charge on any atom is -0.466 e. The summed E-state index contributed by atoms with van der Waals surface area (Å²) in [5, 5.41) is 13.4. The van der Waals surface area contributed by atoms with Crippen molar-refractivity contribution in [2.75, 3.05) is 6.61 Å². The van der Waals surface area contributed by atoms with Crippen LogP contribution < -0.4 is 11.1 Å². The molecule has 0 aliphatic rings. The normalized spacial score (nSPS) is 12.4. The van der Waals surface area contributed by atoms with Gasteiger partial charge in [-0.1, -0.05) is 12.1 Å². The monoisotopic (exact) mass is 400 g/mol. The molecule has 10 heteroatoms. The molecule has 2 rings (SSSR count). The number of benzene rings is 1. The largest absolute Gasteiger partial charge is 0.466 e. The van der Waals surface area contributed by atoms with Gasteiger partial charge in [-0.15, -0.1) is 0 Å². The van der Waals surface area contributed by atoms with Gasteiger partial charge in [-0.05, 0) is 24.6 Å². The van der Waals surface area contributed by atoms with Gasteiger partial charge in [-0.3, -0.25) is 29.5 Å². The first-order valence-corrected chi connectivity index (χ1v) is 8.73. The first kappa shape index (κ1) is 21.5. The van der Waals surface area contributed by atoms with Crippen LogP contribution in [0.5, 0.6) is 0 Å². The Morgan fingerprint density at radius 3 is 2.45 bits per heavy atom. The van der Waals surface area contributed by atoms with Crippen molar-refractivity contribution in [3.8, 4) is 0 Å². The van der Waals surface area contributed by atoms with Crippen molar-refractivity contribution in [3.63, 3.8) is 0 Å². The highest BCUT2D eigenvalue weighted by molar-refractivity contribution is 5.97. The van der Waals surface area contributed by atoms with Gasteiger partial charge in [-0.25, -0.2) is 0 Å². The molecule has 10 nitrogen and oxygen atoms in total. The summed E-state index contributed by atoms with van der Waals surface area (Å²) >= 11 is 0. The molecule has 1 aromatic carbocycles. The minimum atomic E-state index is -1.26. The van der Waals surface area contributed by atoms with Gasteiger partial charge in [0.1, 0.15) is 6.04 Å². The fraction of sp³-hybridized carbons (Fsp3) is 0.263. The number of pyridine rings is 1. The summed E-state index contributed by atoms with van der Waals surface area (Å²) in [5.41, 5.74) is 5.97. The number of nitrogens with two attached hydrogens (primary N) is 1. The maximum Gasteiger partial charge on any atom is 0.306 e. The predicted octanol–water partition coefficient (Wildman–Crippen LogP) is 1.31. The molecule has 0 saturated carbocycles. The lowest BCUT2D eigenvalue weighted by molar-refractivity contribution is -0.384. The summed E-state index contributed by atoms with van der Waals surface area (Å²) < 4.78 is 4.95. The zero-order valence-electron chi connectivity index (χ0n) is 15.6. The van der Waals surface area contributed by atoms with Crippen molar-refractivity contribution in [1.82, 2.24) is 10.3 Å². The van der Waals surface area contributed by atoms with E-state index in [1.807, 2.05) is 0 Å². The zero-order chi connectivity index (χ0) is 21.4. The van der Waals surface area contributed by atoms with Crippen molar-refractivity contribution in [3.05, 3.63) is 70.0 Å². The number of carbonyl (C=O) groups excluding carboxylic acids is 3. The molecule has 0 bridgehead atoms. The highest BCUT2D eigenvalue weighted by Crippen LogP contribution is 2.27. The summed E-state index contributed by atoms with van der Waals surface area (Å²) in [6.07, 6.45) is 2.55. The molecule has 152 valence electrons. The lowest BCUT2D eigenvalue weighted by Crippen LogP contribution is -2.48. The van der Waals surface area contributed by atoms with E-state index in [1.165, 1.54) is 42.7 Å². The maximum atomic E-state index is 12.5. The Hall–Kier alpha value is -3.82. The molecule has 0 spiro atoms. The third kappa shape index (κ3) is 5.83. The molecule has 0 aliphatic carbocycles. The van der Waals surface area contributed by atoms with Crippen LogP contribution in [0, 0.1) is 10.1 Å². The Kier molecular flexibility index (Phi) is 7.35. The molecule has 2 atom stereocenters. The van der Waals surface area contributed by atoms with Crippen LogP contribution >= 0.6 is 0 Å². The van der Waals surface area contributed by atoms with Crippen LogP contribution in [0.2, 0.25) is 0 Å². The number of nitrogens with zero attached hydrogens (tertiary/aromatic N) is 2. The number of nitro benzene ring substituents is 1. The van der Waals surface area contributed by atoms with Crippen LogP contribution in [0.1, 0.15) is 35.2 Å². The lowest BCUT2D eigenvalue weighted by Gasteiger charge is -2.25. The van der Waals surface area contributed by atoms with E-state index in [2.05, 4.69) is 10.3 Å². The number of hydrogen-bond acceptors (Lipinski definition) is 7. The second-order valence-corrected chi connectivity index (χ2v) is 6.06. The Labute approximate surface area is 166 Å². The standard InChI is InChI=1S/C19H20N4O6/c1-2-29-16(24)10-15(12-5-7-14(8-6-12)23(27)28)17(18(20)25)22-19(26)13-4-3-9-21-11-13/h3-9,11,15,17H,2,10H2,1H3,(H2,20,25)(H,22,26)/t15-,17-/m0/s1. The fourth-order valence-corrected chi connectivity index (χ4v) is 2.76. The van der Waals surface area contributed by atoms with E-state index in [0.717, 1.165) is 0 Å². The van der Waals surface area contributed by atoms with Gasteiger partial charge in [-0.2, -0.15) is 0 Å². The van der Waals surface area contributed by atoms with Crippen LogP contribution in [0.3, 0.4) is 0 Å². The van der Waals surface area contributed by atoms with E-state index in [1.54, 1.807) is 13.0 Å². The number of amides is 2. The molecule has 0 aliphatic heterocycles. The number of ether oxygens (including phenoxy) is 1. The fourth-order valence-electron chi connectivity index (χ4n) is 2.76. The van der Waals surface area contributed by atoms with Gasteiger partial charge in [0.25, 0.3) is 11.6 Å². The number of nitrogens with one attached hydrogen (secondary N) is 1. The third-order valence-electron chi connectivity index (χ3n) is 4.14. The average molecular weight is 400 g/mol. The number of aromatic nitrogens is 1. The van der Waals surface area contributed by atoms with E-state index in [-0.39, 0.29) is 24.3 Å². The number of esters is 1. The van der Waals surface area contributed by atoms with E-state index in [4.69, 9.17) is 10.5 Å². The number of nitro groups is 1. The second-order valence-electron chi connectivity index (χ2n) is 6.06. The maximum absolute atomic E-state index is 12.5. The number of rotatable bonds is 9. The van der Waals surface area contributed by atoms with Gasteiger partial charge >= 0.3 is 5.97 Å². The van der Waals surface area contributed by atoms with Gasteiger partial charge in [0, 0.05) is 30.4 Å². The quantitative estimate of drug-likeness (QED) is 0.365. The van der Waals surface area contributed by atoms with E-state index in [0.29, 0.717) is 5.56 Å². The summed E-state index contributed by atoms with van der Waals surface area (Å²) in [5.74, 6) is -2.95. The van der Waals surface area contributed by atoms with Gasteiger partial charge in [0.15, 0.2) is 0 Å². The number of hydrogen-bond donors (Lipinski definition) is 2. The van der Waals surface area contributed by atoms with Crippen LogP contribution in [0.15, 0.2) is 48.8 Å². The van der Waals surface area contributed by atoms with Crippen molar-refractivity contribution in [2.24, 2.45) is 5.73 Å². The summed E-state index contributed by atoms with van der Waals surface area (Å²) in [4.78, 5) is 50.9. The van der Waals surface area contributed by atoms with Crippen LogP contribution in [-0.2, 0) is 14.3 Å². The molecule has 3 N–H and O–H groups in total. The Morgan fingerprint density at radius 1 is 1.24 bits per heavy atom. The molecule has 0 fully saturated rings. The first-order chi connectivity index (χ1) is 13.8. The summed E-state index contributed by atoms with van der Waals surface area (Å²) in [6.45, 7) is 1.77.